The Morgan fingerprint density at radius 3 is 2.71 bits per heavy atom. The van der Waals surface area contributed by atoms with E-state index < -0.39 is 10.0 Å². The van der Waals surface area contributed by atoms with Gasteiger partial charge in [-0.05, 0) is 39.3 Å². The molecule has 1 unspecified atom stereocenters. The van der Waals surface area contributed by atoms with E-state index in [2.05, 4.69) is 15.1 Å². The molecule has 0 spiro atoms. The van der Waals surface area contributed by atoms with Crippen molar-refractivity contribution in [3.05, 3.63) is 11.3 Å². The SMILES string of the molecule is Cc1[nH]nc(S(=O)(=O)N2CCC(N3CCCC3)C2)c1CO. The molecule has 2 aliphatic rings. The zero-order valence-corrected chi connectivity index (χ0v) is 13.1. The van der Waals surface area contributed by atoms with E-state index in [-0.39, 0.29) is 11.6 Å². The van der Waals surface area contributed by atoms with Crippen LogP contribution in [0.5, 0.6) is 0 Å². The standard InChI is InChI=1S/C13H22N4O3S/c1-10-12(9-18)13(15-14-10)21(19,20)17-7-4-11(8-17)16-5-2-3-6-16/h11,18H,2-9H2,1H3,(H,14,15). The molecule has 21 heavy (non-hydrogen) atoms. The summed E-state index contributed by atoms with van der Waals surface area (Å²) in [6, 6.07) is 0.319. The third kappa shape index (κ3) is 2.61. The molecule has 0 aromatic carbocycles. The van der Waals surface area contributed by atoms with E-state index in [1.807, 2.05) is 0 Å². The van der Waals surface area contributed by atoms with Gasteiger partial charge in [-0.15, -0.1) is 0 Å². The highest BCUT2D eigenvalue weighted by Crippen LogP contribution is 2.27. The van der Waals surface area contributed by atoms with Crippen LogP contribution in [0.4, 0.5) is 0 Å². The first-order valence-electron chi connectivity index (χ1n) is 7.43. The summed E-state index contributed by atoms with van der Waals surface area (Å²) >= 11 is 0. The lowest BCUT2D eigenvalue weighted by molar-refractivity contribution is 0.250. The highest BCUT2D eigenvalue weighted by molar-refractivity contribution is 7.89. The van der Waals surface area contributed by atoms with Crippen LogP contribution >= 0.6 is 0 Å². The summed E-state index contributed by atoms with van der Waals surface area (Å²) in [4.78, 5) is 2.39. The first-order chi connectivity index (χ1) is 10.0. The second-order valence-electron chi connectivity index (χ2n) is 5.84. The van der Waals surface area contributed by atoms with Crippen molar-refractivity contribution in [2.24, 2.45) is 0 Å². The van der Waals surface area contributed by atoms with Crippen LogP contribution < -0.4 is 0 Å². The van der Waals surface area contributed by atoms with E-state index >= 15 is 0 Å². The number of hydrogen-bond donors (Lipinski definition) is 2. The van der Waals surface area contributed by atoms with Crippen LogP contribution in [0.1, 0.15) is 30.5 Å². The van der Waals surface area contributed by atoms with Crippen molar-refractivity contribution in [3.8, 4) is 0 Å². The lowest BCUT2D eigenvalue weighted by Gasteiger charge is -2.23. The van der Waals surface area contributed by atoms with Crippen LogP contribution in [0, 0.1) is 6.92 Å². The van der Waals surface area contributed by atoms with Gasteiger partial charge in [-0.3, -0.25) is 10.00 Å². The van der Waals surface area contributed by atoms with Crippen LogP contribution in [-0.4, -0.2) is 65.1 Å². The first-order valence-corrected chi connectivity index (χ1v) is 8.87. The van der Waals surface area contributed by atoms with Crippen molar-refractivity contribution in [2.45, 2.75) is 43.9 Å². The maximum Gasteiger partial charge on any atom is 0.262 e. The summed E-state index contributed by atoms with van der Waals surface area (Å²) in [7, 11) is -3.62. The molecular weight excluding hydrogens is 292 g/mol. The number of sulfonamides is 1. The Balaban J connectivity index is 1.79. The Labute approximate surface area is 125 Å². The number of nitrogens with one attached hydrogen (secondary N) is 1. The quantitative estimate of drug-likeness (QED) is 0.821. The van der Waals surface area contributed by atoms with Crippen molar-refractivity contribution in [3.63, 3.8) is 0 Å². The fourth-order valence-electron chi connectivity index (χ4n) is 3.29. The molecule has 7 nitrogen and oxygen atoms in total. The van der Waals surface area contributed by atoms with Crippen molar-refractivity contribution in [1.82, 2.24) is 19.4 Å². The zero-order chi connectivity index (χ0) is 15.0. The number of likely N-dealkylation sites (tertiary alicyclic amines) is 1. The molecule has 2 fully saturated rings. The van der Waals surface area contributed by atoms with Gasteiger partial charge in [0.2, 0.25) is 0 Å². The third-order valence-corrected chi connectivity index (χ3v) is 6.40. The molecule has 0 aliphatic carbocycles. The minimum absolute atomic E-state index is 0.0235. The molecule has 118 valence electrons. The molecule has 3 heterocycles. The number of aromatic amines is 1. The summed E-state index contributed by atoms with van der Waals surface area (Å²) in [6.07, 6.45) is 3.28. The molecule has 0 amide bonds. The van der Waals surface area contributed by atoms with Crippen LogP contribution in [0.2, 0.25) is 0 Å². The maximum absolute atomic E-state index is 12.7. The lowest BCUT2D eigenvalue weighted by Crippen LogP contribution is -2.37. The van der Waals surface area contributed by atoms with E-state index in [1.54, 1.807) is 6.92 Å². The van der Waals surface area contributed by atoms with Gasteiger partial charge in [0.25, 0.3) is 10.0 Å². The normalized spacial score (nSPS) is 25.0. The van der Waals surface area contributed by atoms with Crippen molar-refractivity contribution < 1.29 is 13.5 Å². The predicted molar refractivity (Wildman–Crippen MR) is 77.2 cm³/mol. The van der Waals surface area contributed by atoms with E-state index in [9.17, 15) is 13.5 Å². The first kappa shape index (κ1) is 15.0. The topological polar surface area (TPSA) is 89.5 Å². The average molecular weight is 314 g/mol. The second-order valence-corrected chi connectivity index (χ2v) is 7.69. The fourth-order valence-corrected chi connectivity index (χ4v) is 4.93. The van der Waals surface area contributed by atoms with Crippen molar-refractivity contribution in [2.75, 3.05) is 26.2 Å². The third-order valence-electron chi connectivity index (χ3n) is 4.56. The van der Waals surface area contributed by atoms with Crippen LogP contribution in [0.25, 0.3) is 0 Å². The predicted octanol–water partition coefficient (Wildman–Crippen LogP) is 0.0692. The summed E-state index contributed by atoms with van der Waals surface area (Å²) < 4.78 is 26.9. The number of nitrogens with zero attached hydrogens (tertiary/aromatic N) is 3. The number of aromatic nitrogens is 2. The second kappa shape index (κ2) is 5.68. The molecule has 0 saturated carbocycles. The van der Waals surface area contributed by atoms with Gasteiger partial charge >= 0.3 is 0 Å². The number of hydrogen-bond acceptors (Lipinski definition) is 5. The van der Waals surface area contributed by atoms with Gasteiger partial charge in [0.05, 0.1) is 6.61 Å². The van der Waals surface area contributed by atoms with Gasteiger partial charge in [0.15, 0.2) is 5.03 Å². The summed E-state index contributed by atoms with van der Waals surface area (Å²) in [6.45, 7) is 4.60. The van der Waals surface area contributed by atoms with Gasteiger partial charge in [-0.25, -0.2) is 8.42 Å². The lowest BCUT2D eigenvalue weighted by atomic mass is 10.2. The molecule has 0 bridgehead atoms. The van der Waals surface area contributed by atoms with Crippen LogP contribution in [0.3, 0.4) is 0 Å². The molecule has 1 aromatic rings. The Bertz CT molecular complexity index is 607. The zero-order valence-electron chi connectivity index (χ0n) is 12.2. The minimum Gasteiger partial charge on any atom is -0.392 e. The largest absolute Gasteiger partial charge is 0.392 e. The summed E-state index contributed by atoms with van der Waals surface area (Å²) in [5.74, 6) is 0. The summed E-state index contributed by atoms with van der Waals surface area (Å²) in [5.41, 5.74) is 0.978. The maximum atomic E-state index is 12.7. The monoisotopic (exact) mass is 314 g/mol. The minimum atomic E-state index is -3.62. The van der Waals surface area contributed by atoms with Gasteiger partial charge in [0.1, 0.15) is 0 Å². The number of H-pyrrole nitrogens is 1. The van der Waals surface area contributed by atoms with Gasteiger partial charge in [0, 0.05) is 30.4 Å². The Morgan fingerprint density at radius 2 is 2.05 bits per heavy atom. The van der Waals surface area contributed by atoms with Gasteiger partial charge in [-0.1, -0.05) is 0 Å². The average Bonchev–Trinajstić information content (AvgIpc) is 3.18. The molecule has 0 radical (unpaired) electrons. The molecule has 8 heteroatoms. The van der Waals surface area contributed by atoms with E-state index in [1.165, 1.54) is 17.1 Å². The highest BCUT2D eigenvalue weighted by atomic mass is 32.2. The molecule has 1 atom stereocenters. The van der Waals surface area contributed by atoms with Crippen molar-refractivity contribution in [1.29, 1.82) is 0 Å². The fraction of sp³-hybridized carbons (Fsp3) is 0.769. The van der Waals surface area contributed by atoms with E-state index in [4.69, 9.17) is 0 Å². The number of aliphatic hydroxyl groups is 1. The van der Waals surface area contributed by atoms with Crippen LogP contribution in [-0.2, 0) is 16.6 Å². The molecule has 3 rings (SSSR count). The van der Waals surface area contributed by atoms with Gasteiger partial charge in [-0.2, -0.15) is 9.40 Å². The van der Waals surface area contributed by atoms with Gasteiger partial charge < -0.3 is 5.11 Å². The number of rotatable bonds is 4. The summed E-state index contributed by atoms with van der Waals surface area (Å²) in [5, 5.41) is 15.9. The number of aliphatic hydroxyl groups excluding tert-OH is 1. The van der Waals surface area contributed by atoms with E-state index in [0.29, 0.717) is 30.4 Å². The Kier molecular flexibility index (Phi) is 4.04. The molecule has 2 N–H and O–H groups in total. The van der Waals surface area contributed by atoms with Crippen LogP contribution in [0.15, 0.2) is 5.03 Å². The Hall–Kier alpha value is -0.960. The molecule has 1 aromatic heterocycles. The van der Waals surface area contributed by atoms with Crippen molar-refractivity contribution >= 4 is 10.0 Å². The molecule has 2 aliphatic heterocycles. The van der Waals surface area contributed by atoms with E-state index in [0.717, 1.165) is 19.5 Å². The smallest absolute Gasteiger partial charge is 0.262 e. The Morgan fingerprint density at radius 1 is 1.33 bits per heavy atom. The molecule has 2 saturated heterocycles. The molecular formula is C13H22N4O3S. The highest BCUT2D eigenvalue weighted by Gasteiger charge is 2.38. The number of aryl methyl sites for hydroxylation is 1.